The van der Waals surface area contributed by atoms with E-state index in [0.29, 0.717) is 5.95 Å². The molecule has 0 aromatic carbocycles. The third-order valence-electron chi connectivity index (χ3n) is 2.71. The highest BCUT2D eigenvalue weighted by molar-refractivity contribution is 5.69. The van der Waals surface area contributed by atoms with Crippen LogP contribution in [0.15, 0.2) is 0 Å². The van der Waals surface area contributed by atoms with E-state index in [0.717, 1.165) is 25.9 Å². The molecule has 1 fully saturated rings. The first-order valence-electron chi connectivity index (χ1n) is 5.38. The highest BCUT2D eigenvalue weighted by Gasteiger charge is 2.25. The van der Waals surface area contributed by atoms with Gasteiger partial charge in [-0.05, 0) is 12.8 Å². The number of rotatable bonds is 3. The summed E-state index contributed by atoms with van der Waals surface area (Å²) in [5.74, 6) is 0.510. The Bertz CT molecular complexity index is 443. The van der Waals surface area contributed by atoms with Crippen molar-refractivity contribution >= 4 is 23.3 Å². The smallest absolute Gasteiger partial charge is 0.353 e. The van der Waals surface area contributed by atoms with Crippen molar-refractivity contribution in [3.8, 4) is 0 Å². The predicted octanol–water partition coefficient (Wildman–Crippen LogP) is 0.609. The minimum absolute atomic E-state index is 0.101. The summed E-state index contributed by atoms with van der Waals surface area (Å²) < 4.78 is 0. The Kier molecular flexibility index (Phi) is 2.94. The van der Waals surface area contributed by atoms with Gasteiger partial charge in [0.15, 0.2) is 0 Å². The molecule has 0 amide bonds. The Hall–Kier alpha value is -2.12. The van der Waals surface area contributed by atoms with E-state index in [1.165, 1.54) is 0 Å². The van der Waals surface area contributed by atoms with Crippen molar-refractivity contribution in [2.75, 3.05) is 36.1 Å². The highest BCUT2D eigenvalue weighted by atomic mass is 16.6. The molecule has 1 aromatic heterocycles. The van der Waals surface area contributed by atoms with Gasteiger partial charge >= 0.3 is 5.69 Å². The molecule has 8 heteroatoms. The number of nitro groups is 1. The quantitative estimate of drug-likeness (QED) is 0.586. The van der Waals surface area contributed by atoms with Crippen LogP contribution in [-0.4, -0.2) is 35.0 Å². The number of hydrogen-bond acceptors (Lipinski definition) is 7. The van der Waals surface area contributed by atoms with Gasteiger partial charge in [0.25, 0.3) is 0 Å². The lowest BCUT2D eigenvalue weighted by Crippen LogP contribution is -2.22. The van der Waals surface area contributed by atoms with Crippen molar-refractivity contribution in [1.29, 1.82) is 0 Å². The number of nitrogens with two attached hydrogens (primary N) is 1. The van der Waals surface area contributed by atoms with Gasteiger partial charge in [0.2, 0.25) is 17.6 Å². The standard InChI is InChI=1S/C9H14N6O2/c1-11-8-6(15(16)17)7(10)12-9(13-8)14-4-2-3-5-14/h2-5H2,1H3,(H3,10,11,12,13). The normalized spacial score (nSPS) is 15.0. The molecule has 1 aliphatic heterocycles. The first-order valence-corrected chi connectivity index (χ1v) is 5.38. The van der Waals surface area contributed by atoms with Gasteiger partial charge in [-0.15, -0.1) is 0 Å². The van der Waals surface area contributed by atoms with E-state index in [1.54, 1.807) is 7.05 Å². The lowest BCUT2D eigenvalue weighted by atomic mass is 10.4. The SMILES string of the molecule is CNc1nc(N2CCCC2)nc(N)c1[N+](=O)[O-]. The summed E-state index contributed by atoms with van der Waals surface area (Å²) in [4.78, 5) is 20.4. The van der Waals surface area contributed by atoms with E-state index in [1.807, 2.05) is 4.90 Å². The molecule has 3 N–H and O–H groups in total. The molecular weight excluding hydrogens is 224 g/mol. The number of hydrogen-bond donors (Lipinski definition) is 2. The van der Waals surface area contributed by atoms with Crippen molar-refractivity contribution in [3.63, 3.8) is 0 Å². The summed E-state index contributed by atoms with van der Waals surface area (Å²) in [5, 5.41) is 13.5. The minimum atomic E-state index is -0.574. The monoisotopic (exact) mass is 238 g/mol. The molecule has 0 spiro atoms. The van der Waals surface area contributed by atoms with Crippen LogP contribution in [0.2, 0.25) is 0 Å². The fraction of sp³-hybridized carbons (Fsp3) is 0.556. The van der Waals surface area contributed by atoms with Crippen LogP contribution in [0, 0.1) is 10.1 Å². The maximum Gasteiger partial charge on any atom is 0.353 e. The Morgan fingerprint density at radius 2 is 2.06 bits per heavy atom. The number of aromatic nitrogens is 2. The fourth-order valence-electron chi connectivity index (χ4n) is 1.87. The van der Waals surface area contributed by atoms with E-state index in [4.69, 9.17) is 5.73 Å². The van der Waals surface area contributed by atoms with E-state index in [2.05, 4.69) is 15.3 Å². The van der Waals surface area contributed by atoms with Crippen molar-refractivity contribution in [3.05, 3.63) is 10.1 Å². The molecule has 0 atom stereocenters. The molecule has 2 heterocycles. The van der Waals surface area contributed by atoms with E-state index < -0.39 is 4.92 Å². The van der Waals surface area contributed by atoms with Crippen molar-refractivity contribution in [2.45, 2.75) is 12.8 Å². The molecule has 0 radical (unpaired) electrons. The largest absolute Gasteiger partial charge is 0.378 e. The molecule has 1 aliphatic rings. The summed E-state index contributed by atoms with van der Waals surface area (Å²) in [6, 6.07) is 0. The number of anilines is 3. The summed E-state index contributed by atoms with van der Waals surface area (Å²) >= 11 is 0. The Balaban J connectivity index is 2.43. The number of nitrogens with zero attached hydrogens (tertiary/aromatic N) is 4. The average Bonchev–Trinajstić information content (AvgIpc) is 2.80. The fourth-order valence-corrected chi connectivity index (χ4v) is 1.87. The maximum atomic E-state index is 10.8. The van der Waals surface area contributed by atoms with Crippen LogP contribution in [0.3, 0.4) is 0 Å². The molecule has 2 rings (SSSR count). The summed E-state index contributed by atoms with van der Waals surface area (Å²) in [6.45, 7) is 1.72. The Morgan fingerprint density at radius 1 is 1.41 bits per heavy atom. The van der Waals surface area contributed by atoms with Gasteiger partial charge in [-0.25, -0.2) is 0 Å². The van der Waals surface area contributed by atoms with E-state index in [-0.39, 0.29) is 17.3 Å². The number of nitrogen functional groups attached to an aromatic ring is 1. The minimum Gasteiger partial charge on any atom is -0.378 e. The molecule has 0 unspecified atom stereocenters. The first-order chi connectivity index (χ1) is 8.13. The van der Waals surface area contributed by atoms with Gasteiger partial charge in [0.1, 0.15) is 0 Å². The van der Waals surface area contributed by atoms with Crippen molar-refractivity contribution in [1.82, 2.24) is 9.97 Å². The van der Waals surface area contributed by atoms with Gasteiger partial charge < -0.3 is 16.0 Å². The third-order valence-corrected chi connectivity index (χ3v) is 2.71. The van der Waals surface area contributed by atoms with Gasteiger partial charge in [0.05, 0.1) is 4.92 Å². The number of nitrogens with one attached hydrogen (secondary N) is 1. The zero-order valence-corrected chi connectivity index (χ0v) is 9.51. The lowest BCUT2D eigenvalue weighted by molar-refractivity contribution is -0.383. The second kappa shape index (κ2) is 4.40. The van der Waals surface area contributed by atoms with Gasteiger partial charge in [0, 0.05) is 20.1 Å². The predicted molar refractivity (Wildman–Crippen MR) is 64.1 cm³/mol. The van der Waals surface area contributed by atoms with Crippen LogP contribution in [0.1, 0.15) is 12.8 Å². The van der Waals surface area contributed by atoms with Crippen LogP contribution >= 0.6 is 0 Å². The molecule has 1 aromatic rings. The van der Waals surface area contributed by atoms with Crippen LogP contribution in [0.5, 0.6) is 0 Å². The molecule has 92 valence electrons. The molecular formula is C9H14N6O2. The summed E-state index contributed by atoms with van der Waals surface area (Å²) in [5.41, 5.74) is 5.34. The molecule has 1 saturated heterocycles. The molecule has 17 heavy (non-hydrogen) atoms. The molecule has 0 aliphatic carbocycles. The highest BCUT2D eigenvalue weighted by Crippen LogP contribution is 2.30. The zero-order chi connectivity index (χ0) is 12.4. The lowest BCUT2D eigenvalue weighted by Gasteiger charge is -2.16. The Morgan fingerprint density at radius 3 is 2.59 bits per heavy atom. The molecule has 0 saturated carbocycles. The average molecular weight is 238 g/mol. The summed E-state index contributed by atoms with van der Waals surface area (Å²) in [7, 11) is 1.57. The Labute approximate surface area is 98.0 Å². The second-order valence-corrected chi connectivity index (χ2v) is 3.81. The van der Waals surface area contributed by atoms with Crippen molar-refractivity contribution < 1.29 is 4.92 Å². The van der Waals surface area contributed by atoms with Crippen molar-refractivity contribution in [2.24, 2.45) is 0 Å². The van der Waals surface area contributed by atoms with Gasteiger partial charge in [-0.1, -0.05) is 0 Å². The van der Waals surface area contributed by atoms with Crippen LogP contribution < -0.4 is 16.0 Å². The first kappa shape index (κ1) is 11.4. The van der Waals surface area contributed by atoms with E-state index in [9.17, 15) is 10.1 Å². The molecule has 0 bridgehead atoms. The van der Waals surface area contributed by atoms with Gasteiger partial charge in [-0.2, -0.15) is 9.97 Å². The van der Waals surface area contributed by atoms with Crippen LogP contribution in [0.25, 0.3) is 0 Å². The van der Waals surface area contributed by atoms with Crippen LogP contribution in [0.4, 0.5) is 23.3 Å². The van der Waals surface area contributed by atoms with Crippen LogP contribution in [-0.2, 0) is 0 Å². The van der Waals surface area contributed by atoms with E-state index >= 15 is 0 Å². The second-order valence-electron chi connectivity index (χ2n) is 3.81. The summed E-state index contributed by atoms with van der Waals surface area (Å²) in [6.07, 6.45) is 2.16. The third kappa shape index (κ3) is 2.05. The van der Waals surface area contributed by atoms with Gasteiger partial charge in [-0.3, -0.25) is 10.1 Å². The molecule has 8 nitrogen and oxygen atoms in total. The topological polar surface area (TPSA) is 110 Å². The maximum absolute atomic E-state index is 10.8. The zero-order valence-electron chi connectivity index (χ0n) is 9.51.